The van der Waals surface area contributed by atoms with Gasteiger partial charge in [-0.25, -0.2) is 0 Å². The van der Waals surface area contributed by atoms with Gasteiger partial charge in [-0.05, 0) is 55.2 Å². The third-order valence-corrected chi connectivity index (χ3v) is 5.45. The van der Waals surface area contributed by atoms with Crippen molar-refractivity contribution in [3.05, 3.63) is 53.6 Å². The van der Waals surface area contributed by atoms with E-state index in [0.717, 1.165) is 25.7 Å². The Kier molecular flexibility index (Phi) is 6.42. The quantitative estimate of drug-likeness (QED) is 0.800. The Bertz CT molecular complexity index is 871. The summed E-state index contributed by atoms with van der Waals surface area (Å²) in [5.74, 6) is -0.361. The molecule has 0 aliphatic heterocycles. The van der Waals surface area contributed by atoms with Crippen LogP contribution >= 0.6 is 0 Å². The molecular weight excluding hydrogens is 368 g/mol. The number of benzene rings is 2. The first-order valence-electron chi connectivity index (χ1n) is 10.0. The lowest BCUT2D eigenvalue weighted by molar-refractivity contribution is 0.0827. The van der Waals surface area contributed by atoms with Crippen molar-refractivity contribution >= 4 is 17.5 Å². The maximum absolute atomic E-state index is 13.3. The first-order chi connectivity index (χ1) is 13.9. The predicted octanol–water partition coefficient (Wildman–Crippen LogP) is 4.03. The molecule has 1 aliphatic carbocycles. The molecule has 1 aliphatic rings. The minimum absolute atomic E-state index is 0.0931. The minimum atomic E-state index is -0.320. The average Bonchev–Trinajstić information content (AvgIpc) is 2.72. The number of nitrogens with zero attached hydrogens (tertiary/aromatic N) is 2. The number of amides is 2. The molecule has 0 radical (unpaired) electrons. The van der Waals surface area contributed by atoms with E-state index in [9.17, 15) is 19.8 Å². The smallest absolute Gasteiger partial charge is 0.262 e. The minimum Gasteiger partial charge on any atom is -0.508 e. The van der Waals surface area contributed by atoms with Gasteiger partial charge < -0.3 is 20.0 Å². The van der Waals surface area contributed by atoms with Gasteiger partial charge in [0, 0.05) is 38.0 Å². The number of hydrogen-bond donors (Lipinski definition) is 2. The third kappa shape index (κ3) is 4.88. The molecule has 0 aromatic heterocycles. The van der Waals surface area contributed by atoms with Gasteiger partial charge in [-0.1, -0.05) is 19.3 Å². The molecule has 2 aromatic rings. The standard InChI is InChI=1S/C23H28N2O4/c1-24(2)22(28)17-8-10-18(11-9-17)25(15-16-6-4-3-5-7-16)23(29)20-13-12-19(26)14-21(20)27/h8-14,16,26-27H,3-7,15H2,1-2H3. The second-order valence-electron chi connectivity index (χ2n) is 7.87. The number of hydrogen-bond acceptors (Lipinski definition) is 4. The summed E-state index contributed by atoms with van der Waals surface area (Å²) < 4.78 is 0. The molecule has 0 heterocycles. The second-order valence-corrected chi connectivity index (χ2v) is 7.87. The number of carbonyl (C=O) groups excluding carboxylic acids is 2. The molecule has 0 bridgehead atoms. The average molecular weight is 396 g/mol. The number of phenols is 2. The molecule has 6 heteroatoms. The van der Waals surface area contributed by atoms with E-state index in [0.29, 0.717) is 23.7 Å². The van der Waals surface area contributed by atoms with Crippen LogP contribution in [-0.4, -0.2) is 47.6 Å². The highest BCUT2D eigenvalue weighted by Gasteiger charge is 2.25. The van der Waals surface area contributed by atoms with E-state index >= 15 is 0 Å². The van der Waals surface area contributed by atoms with Crippen molar-refractivity contribution < 1.29 is 19.8 Å². The maximum Gasteiger partial charge on any atom is 0.262 e. The fourth-order valence-electron chi connectivity index (χ4n) is 3.82. The van der Waals surface area contributed by atoms with Gasteiger partial charge in [-0.2, -0.15) is 0 Å². The molecule has 154 valence electrons. The van der Waals surface area contributed by atoms with Crippen molar-refractivity contribution in [3.8, 4) is 11.5 Å². The SMILES string of the molecule is CN(C)C(=O)c1ccc(N(CC2CCCCC2)C(=O)c2ccc(O)cc2O)cc1. The summed E-state index contributed by atoms with van der Waals surface area (Å²) in [5.41, 5.74) is 1.38. The Balaban J connectivity index is 1.91. The number of aromatic hydroxyl groups is 2. The molecule has 1 fully saturated rings. The van der Waals surface area contributed by atoms with E-state index in [1.807, 2.05) is 0 Å². The lowest BCUT2D eigenvalue weighted by Gasteiger charge is -2.30. The van der Waals surface area contributed by atoms with Gasteiger partial charge in [0.15, 0.2) is 0 Å². The normalized spacial score (nSPS) is 14.4. The van der Waals surface area contributed by atoms with Gasteiger partial charge in [0.1, 0.15) is 11.5 Å². The number of rotatable bonds is 5. The van der Waals surface area contributed by atoms with Crippen molar-refractivity contribution in [2.75, 3.05) is 25.5 Å². The van der Waals surface area contributed by atoms with Crippen LogP contribution in [0.1, 0.15) is 52.8 Å². The molecule has 0 spiro atoms. The van der Waals surface area contributed by atoms with E-state index < -0.39 is 0 Å². The molecule has 1 saturated carbocycles. The number of carbonyl (C=O) groups is 2. The van der Waals surface area contributed by atoms with Crippen LogP contribution in [0.25, 0.3) is 0 Å². The zero-order valence-electron chi connectivity index (χ0n) is 17.0. The molecule has 0 atom stereocenters. The van der Waals surface area contributed by atoms with Crippen molar-refractivity contribution in [2.24, 2.45) is 5.92 Å². The Hall–Kier alpha value is -3.02. The first kappa shape index (κ1) is 20.7. The van der Waals surface area contributed by atoms with Crippen molar-refractivity contribution in [1.29, 1.82) is 0 Å². The highest BCUT2D eigenvalue weighted by Crippen LogP contribution is 2.30. The highest BCUT2D eigenvalue weighted by atomic mass is 16.3. The van der Waals surface area contributed by atoms with Crippen LogP contribution in [0.4, 0.5) is 5.69 Å². The van der Waals surface area contributed by atoms with Gasteiger partial charge in [0.2, 0.25) is 0 Å². The number of phenolic OH excluding ortho intramolecular Hbond substituents is 2. The van der Waals surface area contributed by atoms with Crippen LogP contribution < -0.4 is 4.90 Å². The molecule has 2 amide bonds. The van der Waals surface area contributed by atoms with E-state index in [1.54, 1.807) is 43.3 Å². The predicted molar refractivity (Wildman–Crippen MR) is 112 cm³/mol. The zero-order chi connectivity index (χ0) is 21.0. The maximum atomic E-state index is 13.3. The topological polar surface area (TPSA) is 81.1 Å². The van der Waals surface area contributed by atoms with Crippen LogP contribution in [0, 0.1) is 5.92 Å². The lowest BCUT2D eigenvalue weighted by Crippen LogP contribution is -2.36. The Morgan fingerprint density at radius 2 is 1.59 bits per heavy atom. The summed E-state index contributed by atoms with van der Waals surface area (Å²) in [6.07, 6.45) is 5.69. The summed E-state index contributed by atoms with van der Waals surface area (Å²) in [6, 6.07) is 11.0. The van der Waals surface area contributed by atoms with Gasteiger partial charge in [0.25, 0.3) is 11.8 Å². The lowest BCUT2D eigenvalue weighted by atomic mass is 9.88. The molecule has 2 N–H and O–H groups in total. The summed E-state index contributed by atoms with van der Waals surface area (Å²) in [6.45, 7) is 0.556. The van der Waals surface area contributed by atoms with E-state index in [4.69, 9.17) is 0 Å². The highest BCUT2D eigenvalue weighted by molar-refractivity contribution is 6.08. The van der Waals surface area contributed by atoms with Crippen molar-refractivity contribution in [3.63, 3.8) is 0 Å². The molecular formula is C23H28N2O4. The van der Waals surface area contributed by atoms with Crippen molar-refractivity contribution in [2.45, 2.75) is 32.1 Å². The largest absolute Gasteiger partial charge is 0.508 e. The Morgan fingerprint density at radius 1 is 0.931 bits per heavy atom. The Morgan fingerprint density at radius 3 is 2.17 bits per heavy atom. The second kappa shape index (κ2) is 8.99. The van der Waals surface area contributed by atoms with Gasteiger partial charge in [-0.15, -0.1) is 0 Å². The fraction of sp³-hybridized carbons (Fsp3) is 0.391. The molecule has 3 rings (SSSR count). The van der Waals surface area contributed by atoms with E-state index in [1.165, 1.54) is 29.5 Å². The van der Waals surface area contributed by atoms with E-state index in [-0.39, 0.29) is 28.9 Å². The monoisotopic (exact) mass is 396 g/mol. The van der Waals surface area contributed by atoms with Crippen LogP contribution in [0.3, 0.4) is 0 Å². The molecule has 0 saturated heterocycles. The van der Waals surface area contributed by atoms with Gasteiger partial charge in [0.05, 0.1) is 5.56 Å². The molecule has 6 nitrogen and oxygen atoms in total. The summed E-state index contributed by atoms with van der Waals surface area (Å²) in [4.78, 5) is 28.6. The Labute approximate surface area is 171 Å². The third-order valence-electron chi connectivity index (χ3n) is 5.45. The van der Waals surface area contributed by atoms with Crippen LogP contribution in [0.5, 0.6) is 11.5 Å². The molecule has 2 aromatic carbocycles. The fourth-order valence-corrected chi connectivity index (χ4v) is 3.82. The zero-order valence-corrected chi connectivity index (χ0v) is 17.0. The summed E-state index contributed by atoms with van der Waals surface area (Å²) in [5, 5.41) is 19.7. The van der Waals surface area contributed by atoms with Gasteiger partial charge in [-0.3, -0.25) is 9.59 Å². The molecule has 0 unspecified atom stereocenters. The van der Waals surface area contributed by atoms with Crippen LogP contribution in [0.2, 0.25) is 0 Å². The summed E-state index contributed by atoms with van der Waals surface area (Å²) >= 11 is 0. The first-order valence-corrected chi connectivity index (χ1v) is 10.0. The van der Waals surface area contributed by atoms with Crippen LogP contribution in [0.15, 0.2) is 42.5 Å². The van der Waals surface area contributed by atoms with Crippen LogP contribution in [-0.2, 0) is 0 Å². The van der Waals surface area contributed by atoms with E-state index in [2.05, 4.69) is 0 Å². The number of anilines is 1. The summed E-state index contributed by atoms with van der Waals surface area (Å²) in [7, 11) is 3.39. The van der Waals surface area contributed by atoms with Gasteiger partial charge >= 0.3 is 0 Å². The van der Waals surface area contributed by atoms with Crippen molar-refractivity contribution in [1.82, 2.24) is 4.90 Å². The molecule has 29 heavy (non-hydrogen) atoms.